The maximum atomic E-state index is 13.8. The third-order valence-corrected chi connectivity index (χ3v) is 3.74. The molecule has 100 valence electrons. The van der Waals surface area contributed by atoms with Crippen molar-refractivity contribution in [2.75, 3.05) is 0 Å². The summed E-state index contributed by atoms with van der Waals surface area (Å²) in [6.45, 7) is 1.50. The van der Waals surface area contributed by atoms with Gasteiger partial charge in [-0.2, -0.15) is 0 Å². The zero-order valence-corrected chi connectivity index (χ0v) is 10.8. The molecule has 0 saturated heterocycles. The molecule has 0 spiro atoms. The van der Waals surface area contributed by atoms with Crippen molar-refractivity contribution in [3.63, 3.8) is 0 Å². The lowest BCUT2D eigenvalue weighted by molar-refractivity contribution is 0.195. The monoisotopic (exact) mass is 284 g/mol. The fourth-order valence-corrected chi connectivity index (χ4v) is 2.66. The van der Waals surface area contributed by atoms with Gasteiger partial charge in [0.1, 0.15) is 17.5 Å². The lowest BCUT2D eigenvalue weighted by Crippen LogP contribution is -1.97. The first-order valence-electron chi connectivity index (χ1n) is 5.58. The van der Waals surface area contributed by atoms with Crippen molar-refractivity contribution < 1.29 is 18.3 Å². The Morgan fingerprint density at radius 1 is 1.05 bits per heavy atom. The van der Waals surface area contributed by atoms with Crippen LogP contribution in [0, 0.1) is 17.5 Å². The van der Waals surface area contributed by atoms with Crippen LogP contribution in [0.1, 0.15) is 18.6 Å². The van der Waals surface area contributed by atoms with Gasteiger partial charge in [0.2, 0.25) is 0 Å². The molecule has 2 rings (SSSR count). The van der Waals surface area contributed by atoms with Crippen molar-refractivity contribution in [3.8, 4) is 0 Å². The molecule has 0 saturated carbocycles. The Kier molecular flexibility index (Phi) is 4.17. The minimum Gasteiger partial charge on any atom is -0.389 e. The van der Waals surface area contributed by atoms with Crippen LogP contribution in [-0.2, 0) is 0 Å². The van der Waals surface area contributed by atoms with E-state index < -0.39 is 23.6 Å². The van der Waals surface area contributed by atoms with Crippen LogP contribution >= 0.6 is 11.8 Å². The van der Waals surface area contributed by atoms with Gasteiger partial charge in [-0.3, -0.25) is 0 Å². The van der Waals surface area contributed by atoms with Gasteiger partial charge in [-0.15, -0.1) is 0 Å². The van der Waals surface area contributed by atoms with Crippen molar-refractivity contribution in [2.24, 2.45) is 0 Å². The van der Waals surface area contributed by atoms with Crippen LogP contribution < -0.4 is 0 Å². The maximum absolute atomic E-state index is 13.8. The highest BCUT2D eigenvalue weighted by atomic mass is 32.2. The summed E-state index contributed by atoms with van der Waals surface area (Å²) in [4.78, 5) is 0.247. The standard InChI is InChI=1S/C14H11F3OS/c1-8(18)10-3-2-4-11(16)14(10)19-13-6-5-9(15)7-12(13)17/h2-8,18H,1H3/t8-/m1/s1. The second-order valence-electron chi connectivity index (χ2n) is 4.01. The molecule has 0 radical (unpaired) electrons. The molecule has 19 heavy (non-hydrogen) atoms. The molecule has 0 amide bonds. The Balaban J connectivity index is 2.43. The molecule has 2 aromatic carbocycles. The van der Waals surface area contributed by atoms with Crippen LogP contribution in [0.15, 0.2) is 46.2 Å². The van der Waals surface area contributed by atoms with Crippen molar-refractivity contribution >= 4 is 11.8 Å². The fraction of sp³-hybridized carbons (Fsp3) is 0.143. The minimum atomic E-state index is -0.873. The number of aliphatic hydroxyl groups excluding tert-OH is 1. The van der Waals surface area contributed by atoms with Crippen LogP contribution in [0.25, 0.3) is 0 Å². The number of hydrogen-bond acceptors (Lipinski definition) is 2. The van der Waals surface area contributed by atoms with E-state index in [1.165, 1.54) is 25.1 Å². The summed E-state index contributed by atoms with van der Waals surface area (Å²) in [5, 5.41) is 9.59. The topological polar surface area (TPSA) is 20.2 Å². The molecule has 0 aliphatic heterocycles. The first kappa shape index (κ1) is 14.0. The molecule has 1 atom stereocenters. The van der Waals surface area contributed by atoms with Gasteiger partial charge in [0, 0.05) is 11.0 Å². The van der Waals surface area contributed by atoms with Gasteiger partial charge in [0.05, 0.1) is 11.0 Å². The van der Waals surface area contributed by atoms with E-state index in [4.69, 9.17) is 0 Å². The van der Waals surface area contributed by atoms with Crippen LogP contribution in [0.5, 0.6) is 0 Å². The Morgan fingerprint density at radius 2 is 1.79 bits per heavy atom. The molecule has 2 aromatic rings. The molecule has 1 N–H and O–H groups in total. The van der Waals surface area contributed by atoms with Gasteiger partial charge in [-0.1, -0.05) is 23.9 Å². The molecule has 1 nitrogen and oxygen atoms in total. The van der Waals surface area contributed by atoms with E-state index in [9.17, 15) is 18.3 Å². The van der Waals surface area contributed by atoms with Crippen molar-refractivity contribution in [2.45, 2.75) is 22.8 Å². The van der Waals surface area contributed by atoms with Crippen LogP contribution in [0.3, 0.4) is 0 Å². The second-order valence-corrected chi connectivity index (χ2v) is 5.06. The van der Waals surface area contributed by atoms with Gasteiger partial charge < -0.3 is 5.11 Å². The van der Waals surface area contributed by atoms with Gasteiger partial charge in [-0.25, -0.2) is 13.2 Å². The normalized spacial score (nSPS) is 12.5. The Hall–Kier alpha value is -1.46. The first-order chi connectivity index (χ1) is 8.99. The Labute approximate surface area is 113 Å². The van der Waals surface area contributed by atoms with Crippen LogP contribution in [-0.4, -0.2) is 5.11 Å². The molecule has 0 aromatic heterocycles. The van der Waals surface area contributed by atoms with E-state index in [0.717, 1.165) is 23.9 Å². The molecular formula is C14H11F3OS. The average molecular weight is 284 g/mol. The number of hydrogen-bond donors (Lipinski definition) is 1. The third-order valence-electron chi connectivity index (χ3n) is 2.55. The average Bonchev–Trinajstić information content (AvgIpc) is 2.34. The van der Waals surface area contributed by atoms with Crippen LogP contribution in [0.2, 0.25) is 0 Å². The molecule has 5 heteroatoms. The third kappa shape index (κ3) is 3.11. The Morgan fingerprint density at radius 3 is 2.42 bits per heavy atom. The van der Waals surface area contributed by atoms with Crippen molar-refractivity contribution in [3.05, 3.63) is 59.4 Å². The zero-order chi connectivity index (χ0) is 14.0. The Bertz CT molecular complexity index is 599. The number of rotatable bonds is 3. The number of halogens is 3. The van der Waals surface area contributed by atoms with E-state index in [2.05, 4.69) is 0 Å². The summed E-state index contributed by atoms with van der Waals surface area (Å²) in [5.74, 6) is -2.00. The lowest BCUT2D eigenvalue weighted by atomic mass is 10.1. The fourth-order valence-electron chi connectivity index (χ4n) is 1.63. The summed E-state index contributed by atoms with van der Waals surface area (Å²) in [6.07, 6.45) is -0.873. The number of aliphatic hydroxyl groups is 1. The summed E-state index contributed by atoms with van der Waals surface area (Å²) in [5.41, 5.74) is 0.369. The summed E-state index contributed by atoms with van der Waals surface area (Å²) >= 11 is 0.828. The second kappa shape index (κ2) is 5.67. The van der Waals surface area contributed by atoms with E-state index in [1.807, 2.05) is 0 Å². The summed E-state index contributed by atoms with van der Waals surface area (Å²) in [7, 11) is 0. The van der Waals surface area contributed by atoms with Gasteiger partial charge in [-0.05, 0) is 30.7 Å². The summed E-state index contributed by atoms with van der Waals surface area (Å²) in [6, 6.07) is 7.36. The van der Waals surface area contributed by atoms with E-state index in [1.54, 1.807) is 6.07 Å². The van der Waals surface area contributed by atoms with Gasteiger partial charge in [0.15, 0.2) is 0 Å². The minimum absolute atomic E-state index is 0.105. The predicted octanol–water partition coefficient (Wildman–Crippen LogP) is 4.31. The molecule has 0 fully saturated rings. The molecular weight excluding hydrogens is 273 g/mol. The molecule has 0 aliphatic rings. The molecule has 0 bridgehead atoms. The maximum Gasteiger partial charge on any atom is 0.140 e. The van der Waals surface area contributed by atoms with Crippen LogP contribution in [0.4, 0.5) is 13.2 Å². The van der Waals surface area contributed by atoms with E-state index in [-0.39, 0.29) is 9.79 Å². The molecule has 0 aliphatic carbocycles. The summed E-state index contributed by atoms with van der Waals surface area (Å²) < 4.78 is 40.1. The van der Waals surface area contributed by atoms with Gasteiger partial charge >= 0.3 is 0 Å². The van der Waals surface area contributed by atoms with E-state index in [0.29, 0.717) is 5.56 Å². The van der Waals surface area contributed by atoms with Crippen molar-refractivity contribution in [1.82, 2.24) is 0 Å². The zero-order valence-electron chi connectivity index (χ0n) is 10.0. The lowest BCUT2D eigenvalue weighted by Gasteiger charge is -2.12. The molecule has 0 heterocycles. The SMILES string of the molecule is C[C@@H](O)c1cccc(F)c1Sc1ccc(F)cc1F. The predicted molar refractivity (Wildman–Crippen MR) is 67.5 cm³/mol. The van der Waals surface area contributed by atoms with Gasteiger partial charge in [0.25, 0.3) is 0 Å². The van der Waals surface area contributed by atoms with Crippen molar-refractivity contribution in [1.29, 1.82) is 0 Å². The number of benzene rings is 2. The van der Waals surface area contributed by atoms with E-state index >= 15 is 0 Å². The quantitative estimate of drug-likeness (QED) is 0.906. The smallest absolute Gasteiger partial charge is 0.140 e. The highest BCUT2D eigenvalue weighted by Crippen LogP contribution is 2.36. The highest BCUT2D eigenvalue weighted by Gasteiger charge is 2.15. The first-order valence-corrected chi connectivity index (χ1v) is 6.40. The highest BCUT2D eigenvalue weighted by molar-refractivity contribution is 7.99. The largest absolute Gasteiger partial charge is 0.389 e. The molecule has 0 unspecified atom stereocenters.